The molecule has 1 saturated heterocycles. The van der Waals surface area contributed by atoms with Crippen molar-refractivity contribution in [2.24, 2.45) is 0 Å². The van der Waals surface area contributed by atoms with Crippen LogP contribution in [0.3, 0.4) is 0 Å². The maximum Gasteiger partial charge on any atom is 0.317 e. The molecule has 10 heteroatoms. The predicted molar refractivity (Wildman–Crippen MR) is 103 cm³/mol. The number of tetrazole rings is 1. The molecule has 0 bridgehead atoms. The quantitative estimate of drug-likeness (QED) is 0.706. The molecule has 146 valence electrons. The molecule has 2 amide bonds. The van der Waals surface area contributed by atoms with Crippen LogP contribution < -0.4 is 5.32 Å². The molecule has 1 aromatic carbocycles. The molecular formula is C18H20FN7OS. The summed E-state index contributed by atoms with van der Waals surface area (Å²) in [5, 5.41) is 16.8. The van der Waals surface area contributed by atoms with Crippen molar-refractivity contribution in [2.45, 2.75) is 13.1 Å². The van der Waals surface area contributed by atoms with E-state index in [0.29, 0.717) is 37.7 Å². The Morgan fingerprint density at radius 1 is 1.14 bits per heavy atom. The normalized spacial score (nSPS) is 15.0. The highest BCUT2D eigenvalue weighted by molar-refractivity contribution is 7.09. The van der Waals surface area contributed by atoms with Gasteiger partial charge >= 0.3 is 6.03 Å². The zero-order chi connectivity index (χ0) is 19.3. The topological polar surface area (TPSA) is 79.2 Å². The molecule has 0 atom stereocenters. The second-order valence-electron chi connectivity index (χ2n) is 6.48. The van der Waals surface area contributed by atoms with Crippen molar-refractivity contribution in [1.82, 2.24) is 35.3 Å². The van der Waals surface area contributed by atoms with Gasteiger partial charge in [-0.1, -0.05) is 6.07 Å². The number of halogens is 1. The lowest BCUT2D eigenvalue weighted by molar-refractivity contribution is 0.133. The second-order valence-corrected chi connectivity index (χ2v) is 7.52. The summed E-state index contributed by atoms with van der Waals surface area (Å²) in [4.78, 5) is 17.5. The first-order chi connectivity index (χ1) is 13.7. The lowest BCUT2D eigenvalue weighted by Gasteiger charge is -2.34. The molecule has 0 unspecified atom stereocenters. The molecule has 1 aliphatic rings. The fourth-order valence-corrected chi connectivity index (χ4v) is 3.73. The molecular weight excluding hydrogens is 381 g/mol. The SMILES string of the molecule is O=C(NCc1cccs1)N1CCN(Cc2nnnn2-c2ccc(F)cc2)CC1. The summed E-state index contributed by atoms with van der Waals surface area (Å²) in [6.07, 6.45) is 0. The zero-order valence-electron chi connectivity index (χ0n) is 15.2. The standard InChI is InChI=1S/C18H20FN7OS/c19-14-3-5-15(6-4-14)26-17(21-22-23-26)13-24-7-9-25(10-8-24)18(27)20-12-16-2-1-11-28-16/h1-6,11H,7-10,12-13H2,(H,20,27). The van der Waals surface area contributed by atoms with E-state index < -0.39 is 0 Å². The van der Waals surface area contributed by atoms with E-state index in [1.54, 1.807) is 28.2 Å². The average Bonchev–Trinajstić information content (AvgIpc) is 3.39. The minimum absolute atomic E-state index is 0.0378. The summed E-state index contributed by atoms with van der Waals surface area (Å²) in [6, 6.07) is 10.0. The summed E-state index contributed by atoms with van der Waals surface area (Å²) >= 11 is 1.63. The van der Waals surface area contributed by atoms with Crippen LogP contribution in [0, 0.1) is 5.82 Å². The van der Waals surface area contributed by atoms with Gasteiger partial charge in [0.25, 0.3) is 0 Å². The van der Waals surface area contributed by atoms with Gasteiger partial charge in [0, 0.05) is 31.1 Å². The molecule has 0 radical (unpaired) electrons. The maximum absolute atomic E-state index is 13.1. The lowest BCUT2D eigenvalue weighted by atomic mass is 10.3. The molecule has 8 nitrogen and oxygen atoms in total. The molecule has 0 spiro atoms. The monoisotopic (exact) mass is 401 g/mol. The van der Waals surface area contributed by atoms with E-state index in [4.69, 9.17) is 0 Å². The van der Waals surface area contributed by atoms with Gasteiger partial charge in [0.15, 0.2) is 5.82 Å². The number of carbonyl (C=O) groups is 1. The summed E-state index contributed by atoms with van der Waals surface area (Å²) < 4.78 is 14.7. The van der Waals surface area contributed by atoms with Crippen molar-refractivity contribution in [1.29, 1.82) is 0 Å². The second kappa shape index (κ2) is 8.44. The number of carbonyl (C=O) groups excluding carboxylic acids is 1. The Kier molecular flexibility index (Phi) is 5.58. The summed E-state index contributed by atoms with van der Waals surface area (Å²) in [5.41, 5.74) is 0.716. The molecule has 28 heavy (non-hydrogen) atoms. The number of benzene rings is 1. The van der Waals surface area contributed by atoms with Gasteiger partial charge in [0.2, 0.25) is 0 Å². The zero-order valence-corrected chi connectivity index (χ0v) is 16.0. The third-order valence-electron chi connectivity index (χ3n) is 4.62. The number of nitrogens with one attached hydrogen (secondary N) is 1. The molecule has 4 rings (SSSR count). The highest BCUT2D eigenvalue weighted by Crippen LogP contribution is 2.13. The van der Waals surface area contributed by atoms with Crippen molar-refractivity contribution >= 4 is 17.4 Å². The smallest absolute Gasteiger partial charge is 0.317 e. The Morgan fingerprint density at radius 3 is 2.64 bits per heavy atom. The van der Waals surface area contributed by atoms with Gasteiger partial charge in [-0.15, -0.1) is 16.4 Å². The minimum Gasteiger partial charge on any atom is -0.333 e. The predicted octanol–water partition coefficient (Wildman–Crippen LogP) is 1.89. The van der Waals surface area contributed by atoms with Crippen LogP contribution in [0.1, 0.15) is 10.7 Å². The van der Waals surface area contributed by atoms with Gasteiger partial charge in [-0.25, -0.2) is 9.18 Å². The van der Waals surface area contributed by atoms with Crippen LogP contribution in [0.2, 0.25) is 0 Å². The Bertz CT molecular complexity index is 904. The summed E-state index contributed by atoms with van der Waals surface area (Å²) in [5.74, 6) is 0.383. The van der Waals surface area contributed by atoms with Crippen molar-refractivity contribution in [3.8, 4) is 5.69 Å². The third kappa shape index (κ3) is 4.34. The molecule has 1 N–H and O–H groups in total. The highest BCUT2D eigenvalue weighted by atomic mass is 32.1. The van der Waals surface area contributed by atoms with E-state index in [9.17, 15) is 9.18 Å². The Balaban J connectivity index is 1.30. The number of urea groups is 1. The molecule has 0 aliphatic carbocycles. The third-order valence-corrected chi connectivity index (χ3v) is 5.50. The lowest BCUT2D eigenvalue weighted by Crippen LogP contribution is -2.51. The molecule has 2 aromatic heterocycles. The average molecular weight is 401 g/mol. The molecule has 3 aromatic rings. The van der Waals surface area contributed by atoms with E-state index in [1.807, 2.05) is 22.4 Å². The maximum atomic E-state index is 13.1. The van der Waals surface area contributed by atoms with Crippen molar-refractivity contribution in [2.75, 3.05) is 26.2 Å². The fourth-order valence-electron chi connectivity index (χ4n) is 3.08. The van der Waals surface area contributed by atoms with Crippen LogP contribution in [-0.4, -0.2) is 62.2 Å². The molecule has 1 fully saturated rings. The van der Waals surface area contributed by atoms with Gasteiger partial charge in [0.1, 0.15) is 5.82 Å². The van der Waals surface area contributed by atoms with E-state index in [1.165, 1.54) is 12.1 Å². The Hall–Kier alpha value is -2.85. The van der Waals surface area contributed by atoms with Crippen LogP contribution in [0.5, 0.6) is 0 Å². The van der Waals surface area contributed by atoms with Crippen molar-refractivity contribution < 1.29 is 9.18 Å². The van der Waals surface area contributed by atoms with Crippen LogP contribution in [0.25, 0.3) is 5.69 Å². The molecule has 0 saturated carbocycles. The van der Waals surface area contributed by atoms with E-state index in [0.717, 1.165) is 18.0 Å². The number of rotatable bonds is 5. The molecule has 1 aliphatic heterocycles. The van der Waals surface area contributed by atoms with Gasteiger partial charge in [0.05, 0.1) is 18.8 Å². The van der Waals surface area contributed by atoms with Gasteiger partial charge < -0.3 is 10.2 Å². The number of hydrogen-bond acceptors (Lipinski definition) is 6. The summed E-state index contributed by atoms with van der Waals surface area (Å²) in [7, 11) is 0. The highest BCUT2D eigenvalue weighted by Gasteiger charge is 2.22. The number of nitrogens with zero attached hydrogens (tertiary/aromatic N) is 6. The van der Waals surface area contributed by atoms with Crippen LogP contribution in [0.15, 0.2) is 41.8 Å². The number of thiophene rings is 1. The largest absolute Gasteiger partial charge is 0.333 e. The Morgan fingerprint density at radius 2 is 1.93 bits per heavy atom. The number of piperazine rings is 1. The van der Waals surface area contributed by atoms with Crippen molar-refractivity contribution in [3.63, 3.8) is 0 Å². The van der Waals surface area contributed by atoms with Gasteiger partial charge in [-0.2, -0.15) is 4.68 Å². The van der Waals surface area contributed by atoms with Gasteiger partial charge in [-0.3, -0.25) is 4.90 Å². The number of hydrogen-bond donors (Lipinski definition) is 1. The van der Waals surface area contributed by atoms with Crippen LogP contribution in [-0.2, 0) is 13.1 Å². The van der Waals surface area contributed by atoms with Crippen LogP contribution >= 0.6 is 11.3 Å². The van der Waals surface area contributed by atoms with E-state index >= 15 is 0 Å². The minimum atomic E-state index is -0.299. The molecule has 3 heterocycles. The first-order valence-corrected chi connectivity index (χ1v) is 9.88. The fraction of sp³-hybridized carbons (Fsp3) is 0.333. The first kappa shape index (κ1) is 18.5. The summed E-state index contributed by atoms with van der Waals surface area (Å²) in [6.45, 7) is 3.90. The van der Waals surface area contributed by atoms with E-state index in [-0.39, 0.29) is 11.8 Å². The van der Waals surface area contributed by atoms with Crippen molar-refractivity contribution in [3.05, 3.63) is 58.3 Å². The van der Waals surface area contributed by atoms with E-state index in [2.05, 4.69) is 25.7 Å². The first-order valence-electron chi connectivity index (χ1n) is 9.00. The number of aromatic nitrogens is 4. The number of amides is 2. The Labute approximate surface area is 165 Å². The van der Waals surface area contributed by atoms with Crippen LogP contribution in [0.4, 0.5) is 9.18 Å². The van der Waals surface area contributed by atoms with Gasteiger partial charge in [-0.05, 0) is 46.1 Å².